The van der Waals surface area contributed by atoms with Crippen LogP contribution in [0.3, 0.4) is 0 Å². The van der Waals surface area contributed by atoms with Crippen molar-refractivity contribution in [1.82, 2.24) is 10.2 Å². The molecule has 1 atom stereocenters. The van der Waals surface area contributed by atoms with Gasteiger partial charge in [-0.2, -0.15) is 5.26 Å². The molecule has 0 aliphatic heterocycles. The number of hydrogen-bond donors (Lipinski definition) is 1. The zero-order valence-corrected chi connectivity index (χ0v) is 12.3. The number of benzene rings is 1. The molecule has 1 aromatic rings. The Bertz CT molecular complexity index is 439. The predicted octanol–water partition coefficient (Wildman–Crippen LogP) is 2.17. The fourth-order valence-electron chi connectivity index (χ4n) is 1.99. The van der Waals surface area contributed by atoms with E-state index in [9.17, 15) is 4.79 Å². The summed E-state index contributed by atoms with van der Waals surface area (Å²) in [6.45, 7) is 4.29. The van der Waals surface area contributed by atoms with Crippen LogP contribution < -0.4 is 5.32 Å². The minimum Gasteiger partial charge on any atom is -0.355 e. The molecule has 0 heterocycles. The van der Waals surface area contributed by atoms with Gasteiger partial charge in [-0.25, -0.2) is 0 Å². The first-order valence-electron chi connectivity index (χ1n) is 7.07. The Labute approximate surface area is 121 Å². The van der Waals surface area contributed by atoms with E-state index in [0.29, 0.717) is 13.0 Å². The molecule has 0 aromatic heterocycles. The average Bonchev–Trinajstić information content (AvgIpc) is 2.46. The Hall–Kier alpha value is -1.86. The van der Waals surface area contributed by atoms with Crippen molar-refractivity contribution in [3.05, 3.63) is 35.9 Å². The van der Waals surface area contributed by atoms with E-state index in [-0.39, 0.29) is 5.91 Å². The van der Waals surface area contributed by atoms with Gasteiger partial charge in [0.2, 0.25) is 5.91 Å². The van der Waals surface area contributed by atoms with Crippen molar-refractivity contribution < 1.29 is 4.79 Å². The van der Waals surface area contributed by atoms with Crippen LogP contribution in [-0.2, 0) is 11.3 Å². The molecule has 1 rings (SSSR count). The Morgan fingerprint density at radius 3 is 2.70 bits per heavy atom. The lowest BCUT2D eigenvalue weighted by molar-refractivity contribution is -0.123. The lowest BCUT2D eigenvalue weighted by Crippen LogP contribution is -2.32. The van der Waals surface area contributed by atoms with Crippen LogP contribution in [0.15, 0.2) is 30.3 Å². The number of nitrogens with one attached hydrogen (secondary N) is 1. The molecular formula is C16H23N3O. The summed E-state index contributed by atoms with van der Waals surface area (Å²) in [7, 11) is 2.07. The number of nitrogens with zero attached hydrogens (tertiary/aromatic N) is 2. The third-order valence-corrected chi connectivity index (χ3v) is 3.19. The summed E-state index contributed by atoms with van der Waals surface area (Å²) < 4.78 is 0. The first-order chi connectivity index (χ1) is 9.67. The van der Waals surface area contributed by atoms with Gasteiger partial charge in [0.1, 0.15) is 5.92 Å². The Morgan fingerprint density at radius 1 is 1.40 bits per heavy atom. The second-order valence-corrected chi connectivity index (χ2v) is 4.96. The average molecular weight is 273 g/mol. The zero-order chi connectivity index (χ0) is 14.8. The highest BCUT2D eigenvalue weighted by Gasteiger charge is 2.14. The third-order valence-electron chi connectivity index (χ3n) is 3.19. The number of rotatable bonds is 8. The highest BCUT2D eigenvalue weighted by atomic mass is 16.1. The quantitative estimate of drug-likeness (QED) is 0.739. The molecule has 0 saturated carbocycles. The van der Waals surface area contributed by atoms with E-state index in [1.54, 1.807) is 0 Å². The molecule has 0 spiro atoms. The normalized spacial score (nSPS) is 11.9. The minimum atomic E-state index is -0.517. The van der Waals surface area contributed by atoms with Gasteiger partial charge < -0.3 is 10.2 Å². The smallest absolute Gasteiger partial charge is 0.237 e. The molecule has 108 valence electrons. The molecule has 1 aromatic carbocycles. The SMILES string of the molecule is CCC(C#N)C(=O)NCCCN(C)Cc1ccccc1. The van der Waals surface area contributed by atoms with Gasteiger partial charge in [0.05, 0.1) is 6.07 Å². The summed E-state index contributed by atoms with van der Waals surface area (Å²) in [6, 6.07) is 12.3. The van der Waals surface area contributed by atoms with Crippen molar-refractivity contribution in [2.24, 2.45) is 5.92 Å². The van der Waals surface area contributed by atoms with Crippen molar-refractivity contribution in [2.45, 2.75) is 26.3 Å². The van der Waals surface area contributed by atoms with E-state index >= 15 is 0 Å². The molecule has 0 fully saturated rings. The lowest BCUT2D eigenvalue weighted by atomic mass is 10.1. The van der Waals surface area contributed by atoms with Gasteiger partial charge in [-0.3, -0.25) is 4.79 Å². The number of amides is 1. The molecule has 4 nitrogen and oxygen atoms in total. The summed E-state index contributed by atoms with van der Waals surface area (Å²) >= 11 is 0. The van der Waals surface area contributed by atoms with Crippen LogP contribution in [0, 0.1) is 17.2 Å². The highest BCUT2D eigenvalue weighted by Crippen LogP contribution is 2.03. The number of carbonyl (C=O) groups is 1. The van der Waals surface area contributed by atoms with Crippen molar-refractivity contribution in [1.29, 1.82) is 5.26 Å². The van der Waals surface area contributed by atoms with Crippen molar-refractivity contribution in [3.8, 4) is 6.07 Å². The molecule has 1 N–H and O–H groups in total. The molecule has 1 unspecified atom stereocenters. The highest BCUT2D eigenvalue weighted by molar-refractivity contribution is 5.80. The summed E-state index contributed by atoms with van der Waals surface area (Å²) in [5.41, 5.74) is 1.29. The number of nitriles is 1. The van der Waals surface area contributed by atoms with E-state index in [1.165, 1.54) is 5.56 Å². The van der Waals surface area contributed by atoms with E-state index in [4.69, 9.17) is 5.26 Å². The van der Waals surface area contributed by atoms with E-state index < -0.39 is 5.92 Å². The first-order valence-corrected chi connectivity index (χ1v) is 7.07. The zero-order valence-electron chi connectivity index (χ0n) is 12.3. The van der Waals surface area contributed by atoms with Crippen LogP contribution in [0.4, 0.5) is 0 Å². The van der Waals surface area contributed by atoms with Crippen LogP contribution in [0.2, 0.25) is 0 Å². The maximum absolute atomic E-state index is 11.6. The molecule has 20 heavy (non-hydrogen) atoms. The lowest BCUT2D eigenvalue weighted by Gasteiger charge is -2.17. The van der Waals surface area contributed by atoms with Crippen LogP contribution >= 0.6 is 0 Å². The predicted molar refractivity (Wildman–Crippen MR) is 79.8 cm³/mol. The largest absolute Gasteiger partial charge is 0.355 e. The van der Waals surface area contributed by atoms with Crippen LogP contribution in [-0.4, -0.2) is 30.9 Å². The van der Waals surface area contributed by atoms with E-state index in [1.807, 2.05) is 31.2 Å². The summed E-state index contributed by atoms with van der Waals surface area (Å²) in [5.74, 6) is -0.669. The van der Waals surface area contributed by atoms with Gasteiger partial charge in [-0.05, 0) is 32.0 Å². The Kier molecular flexibility index (Phi) is 7.38. The molecule has 0 saturated heterocycles. The summed E-state index contributed by atoms with van der Waals surface area (Å²) in [5, 5.41) is 11.6. The second-order valence-electron chi connectivity index (χ2n) is 4.96. The van der Waals surface area contributed by atoms with Crippen LogP contribution in [0.5, 0.6) is 0 Å². The van der Waals surface area contributed by atoms with Crippen molar-refractivity contribution in [3.63, 3.8) is 0 Å². The van der Waals surface area contributed by atoms with Crippen LogP contribution in [0.25, 0.3) is 0 Å². The standard InChI is InChI=1S/C16H23N3O/c1-3-15(12-17)16(20)18-10-7-11-19(2)13-14-8-5-4-6-9-14/h4-6,8-9,15H,3,7,10-11,13H2,1-2H3,(H,18,20). The Balaban J connectivity index is 2.18. The van der Waals surface area contributed by atoms with Crippen molar-refractivity contribution >= 4 is 5.91 Å². The third kappa shape index (κ3) is 5.85. The maximum atomic E-state index is 11.6. The molecule has 0 bridgehead atoms. The molecular weight excluding hydrogens is 250 g/mol. The van der Waals surface area contributed by atoms with Crippen LogP contribution in [0.1, 0.15) is 25.3 Å². The Morgan fingerprint density at radius 2 is 2.10 bits per heavy atom. The minimum absolute atomic E-state index is 0.152. The van der Waals surface area contributed by atoms with Gasteiger partial charge in [0.15, 0.2) is 0 Å². The maximum Gasteiger partial charge on any atom is 0.237 e. The molecule has 0 aliphatic carbocycles. The molecule has 4 heteroatoms. The van der Waals surface area contributed by atoms with Crippen molar-refractivity contribution in [2.75, 3.05) is 20.1 Å². The second kappa shape index (κ2) is 9.11. The molecule has 0 aliphatic rings. The number of carbonyl (C=O) groups excluding carboxylic acids is 1. The number of hydrogen-bond acceptors (Lipinski definition) is 3. The topological polar surface area (TPSA) is 56.1 Å². The first kappa shape index (κ1) is 16.2. The fraction of sp³-hybridized carbons (Fsp3) is 0.500. The summed E-state index contributed by atoms with van der Waals surface area (Å²) in [6.07, 6.45) is 1.45. The van der Waals surface area contributed by atoms with E-state index in [0.717, 1.165) is 19.5 Å². The van der Waals surface area contributed by atoms with E-state index in [2.05, 4.69) is 29.4 Å². The van der Waals surface area contributed by atoms with Gasteiger partial charge >= 0.3 is 0 Å². The van der Waals surface area contributed by atoms with Gasteiger partial charge in [-0.1, -0.05) is 37.3 Å². The summed E-state index contributed by atoms with van der Waals surface area (Å²) in [4.78, 5) is 13.8. The molecule has 1 amide bonds. The fourth-order valence-corrected chi connectivity index (χ4v) is 1.99. The van der Waals surface area contributed by atoms with Gasteiger partial charge in [0.25, 0.3) is 0 Å². The van der Waals surface area contributed by atoms with Gasteiger partial charge in [0, 0.05) is 13.1 Å². The molecule has 0 radical (unpaired) electrons. The van der Waals surface area contributed by atoms with Gasteiger partial charge in [-0.15, -0.1) is 0 Å². The monoisotopic (exact) mass is 273 g/mol.